The number of ether oxygens (including phenoxy) is 1. The van der Waals surface area contributed by atoms with Gasteiger partial charge in [0.15, 0.2) is 0 Å². The summed E-state index contributed by atoms with van der Waals surface area (Å²) < 4.78 is 4.85. The number of fused-ring (bicyclic) bond motifs is 1. The summed E-state index contributed by atoms with van der Waals surface area (Å²) in [4.78, 5) is 24.8. The van der Waals surface area contributed by atoms with Crippen molar-refractivity contribution in [2.24, 2.45) is 5.73 Å². The highest BCUT2D eigenvalue weighted by atomic mass is 35.5. The van der Waals surface area contributed by atoms with Crippen LogP contribution in [0.2, 0.25) is 10.0 Å². The SMILES string of the molecule is COC(=O)[C@@H]1C[C@@H](NC(=O)c2ccc(CCN)cc2)c2c(Cl)cc(Cl)cc2N1. The van der Waals surface area contributed by atoms with E-state index in [0.717, 1.165) is 12.0 Å². The summed E-state index contributed by atoms with van der Waals surface area (Å²) >= 11 is 12.5. The molecule has 4 N–H and O–H groups in total. The molecular weight excluding hydrogens is 401 g/mol. The minimum absolute atomic E-state index is 0.258. The van der Waals surface area contributed by atoms with Crippen molar-refractivity contribution >= 4 is 40.8 Å². The van der Waals surface area contributed by atoms with Crippen molar-refractivity contribution in [2.75, 3.05) is 19.0 Å². The summed E-state index contributed by atoms with van der Waals surface area (Å²) in [6, 6.07) is 9.46. The minimum atomic E-state index is -0.621. The molecule has 2 aromatic rings. The van der Waals surface area contributed by atoms with Gasteiger partial charge in [-0.15, -0.1) is 0 Å². The maximum absolute atomic E-state index is 12.8. The molecule has 1 aliphatic rings. The zero-order valence-corrected chi connectivity index (χ0v) is 16.8. The fraction of sp³-hybridized carbons (Fsp3) is 0.300. The van der Waals surface area contributed by atoms with Crippen LogP contribution in [0.5, 0.6) is 0 Å². The molecule has 3 rings (SSSR count). The Morgan fingerprint density at radius 3 is 2.61 bits per heavy atom. The van der Waals surface area contributed by atoms with E-state index in [2.05, 4.69) is 10.6 Å². The molecule has 1 aliphatic heterocycles. The Labute approximate surface area is 173 Å². The lowest BCUT2D eigenvalue weighted by atomic mass is 9.92. The predicted octanol–water partition coefficient (Wildman–Crippen LogP) is 3.32. The third-order valence-corrected chi connectivity index (χ3v) is 5.22. The van der Waals surface area contributed by atoms with Crippen LogP contribution in [-0.4, -0.2) is 31.6 Å². The summed E-state index contributed by atoms with van der Waals surface area (Å²) in [6.45, 7) is 0.549. The van der Waals surface area contributed by atoms with E-state index in [1.54, 1.807) is 24.3 Å². The van der Waals surface area contributed by atoms with Crippen molar-refractivity contribution in [1.29, 1.82) is 0 Å². The topological polar surface area (TPSA) is 93.5 Å². The van der Waals surface area contributed by atoms with Crippen LogP contribution in [0, 0.1) is 0 Å². The molecule has 0 spiro atoms. The molecule has 6 nitrogen and oxygen atoms in total. The quantitative estimate of drug-likeness (QED) is 0.643. The van der Waals surface area contributed by atoms with Gasteiger partial charge in [0, 0.05) is 33.3 Å². The Balaban J connectivity index is 1.87. The molecule has 0 aromatic heterocycles. The van der Waals surface area contributed by atoms with Crippen molar-refractivity contribution < 1.29 is 14.3 Å². The number of anilines is 1. The van der Waals surface area contributed by atoms with Crippen LogP contribution in [0.4, 0.5) is 5.69 Å². The summed E-state index contributed by atoms with van der Waals surface area (Å²) in [5.74, 6) is -0.682. The minimum Gasteiger partial charge on any atom is -0.467 e. The molecule has 2 aromatic carbocycles. The van der Waals surface area contributed by atoms with Gasteiger partial charge in [-0.3, -0.25) is 4.79 Å². The molecule has 0 saturated heterocycles. The van der Waals surface area contributed by atoms with Gasteiger partial charge >= 0.3 is 5.97 Å². The summed E-state index contributed by atoms with van der Waals surface area (Å²) in [7, 11) is 1.32. The van der Waals surface area contributed by atoms with E-state index in [0.29, 0.717) is 39.8 Å². The maximum Gasteiger partial charge on any atom is 0.328 e. The van der Waals surface area contributed by atoms with Gasteiger partial charge in [0.25, 0.3) is 5.91 Å². The Kier molecular flexibility index (Phi) is 6.44. The number of esters is 1. The van der Waals surface area contributed by atoms with Crippen LogP contribution >= 0.6 is 23.2 Å². The highest BCUT2D eigenvalue weighted by Crippen LogP contribution is 2.40. The first-order valence-corrected chi connectivity index (χ1v) is 9.61. The molecule has 0 radical (unpaired) electrons. The molecule has 0 aliphatic carbocycles. The lowest BCUT2D eigenvalue weighted by Gasteiger charge is -2.33. The summed E-state index contributed by atoms with van der Waals surface area (Å²) in [5, 5.41) is 6.91. The number of nitrogens with one attached hydrogen (secondary N) is 2. The van der Waals surface area contributed by atoms with Crippen molar-refractivity contribution in [3.63, 3.8) is 0 Å². The van der Waals surface area contributed by atoms with Crippen molar-refractivity contribution in [3.8, 4) is 0 Å². The number of amides is 1. The molecule has 0 fully saturated rings. The van der Waals surface area contributed by atoms with E-state index in [-0.39, 0.29) is 5.91 Å². The molecule has 0 saturated carbocycles. The Morgan fingerprint density at radius 1 is 1.25 bits per heavy atom. The molecule has 28 heavy (non-hydrogen) atoms. The van der Waals surface area contributed by atoms with Gasteiger partial charge < -0.3 is 21.1 Å². The second kappa shape index (κ2) is 8.82. The third kappa shape index (κ3) is 4.41. The summed E-state index contributed by atoms with van der Waals surface area (Å²) in [6.07, 6.45) is 1.05. The number of methoxy groups -OCH3 is 1. The Morgan fingerprint density at radius 2 is 1.96 bits per heavy atom. The van der Waals surface area contributed by atoms with Gasteiger partial charge in [0.1, 0.15) is 6.04 Å². The van der Waals surface area contributed by atoms with Crippen LogP contribution in [0.25, 0.3) is 0 Å². The predicted molar refractivity (Wildman–Crippen MR) is 110 cm³/mol. The highest BCUT2D eigenvalue weighted by molar-refractivity contribution is 6.35. The van der Waals surface area contributed by atoms with E-state index in [4.69, 9.17) is 33.7 Å². The average Bonchev–Trinajstić information content (AvgIpc) is 2.67. The normalized spacial score (nSPS) is 18.0. The Hall–Kier alpha value is -2.28. The number of carbonyl (C=O) groups excluding carboxylic acids is 2. The van der Waals surface area contributed by atoms with E-state index in [1.807, 2.05) is 12.1 Å². The van der Waals surface area contributed by atoms with E-state index in [9.17, 15) is 9.59 Å². The van der Waals surface area contributed by atoms with Gasteiger partial charge in [0.05, 0.1) is 13.2 Å². The maximum atomic E-state index is 12.8. The molecule has 8 heteroatoms. The standard InChI is InChI=1S/C20H21Cl2N3O3/c1-28-20(27)17-10-16(18-14(22)8-13(21)9-15(18)24-17)25-19(26)12-4-2-11(3-5-12)6-7-23/h2-5,8-9,16-17,24H,6-7,10,23H2,1H3,(H,25,26)/t16-,17+/m1/s1. The van der Waals surface area contributed by atoms with Gasteiger partial charge in [-0.25, -0.2) is 4.79 Å². The molecule has 2 atom stereocenters. The lowest BCUT2D eigenvalue weighted by molar-refractivity contribution is -0.141. The van der Waals surface area contributed by atoms with E-state index >= 15 is 0 Å². The van der Waals surface area contributed by atoms with Crippen LogP contribution in [-0.2, 0) is 16.0 Å². The number of rotatable bonds is 5. The number of hydrogen-bond donors (Lipinski definition) is 3. The highest BCUT2D eigenvalue weighted by Gasteiger charge is 2.34. The second-order valence-corrected chi connectivity index (χ2v) is 7.41. The van der Waals surface area contributed by atoms with Gasteiger partial charge in [0.2, 0.25) is 0 Å². The first-order valence-electron chi connectivity index (χ1n) is 8.86. The third-order valence-electron chi connectivity index (χ3n) is 4.68. The van der Waals surface area contributed by atoms with Gasteiger partial charge in [-0.2, -0.15) is 0 Å². The van der Waals surface area contributed by atoms with Crippen molar-refractivity contribution in [3.05, 3.63) is 63.1 Å². The van der Waals surface area contributed by atoms with Gasteiger partial charge in [-0.05, 0) is 42.8 Å². The number of nitrogens with two attached hydrogens (primary N) is 1. The number of hydrogen-bond acceptors (Lipinski definition) is 5. The Bertz CT molecular complexity index is 887. The molecule has 1 heterocycles. The van der Waals surface area contributed by atoms with E-state index in [1.165, 1.54) is 7.11 Å². The zero-order valence-electron chi connectivity index (χ0n) is 15.3. The van der Waals surface area contributed by atoms with Gasteiger partial charge in [-0.1, -0.05) is 35.3 Å². The number of benzene rings is 2. The average molecular weight is 422 g/mol. The van der Waals surface area contributed by atoms with Crippen LogP contribution in [0.3, 0.4) is 0 Å². The first kappa shape index (κ1) is 20.5. The largest absolute Gasteiger partial charge is 0.467 e. The smallest absolute Gasteiger partial charge is 0.328 e. The molecular formula is C20H21Cl2N3O3. The monoisotopic (exact) mass is 421 g/mol. The van der Waals surface area contributed by atoms with Crippen LogP contribution < -0.4 is 16.4 Å². The fourth-order valence-electron chi connectivity index (χ4n) is 3.32. The second-order valence-electron chi connectivity index (χ2n) is 6.57. The molecule has 148 valence electrons. The fourth-order valence-corrected chi connectivity index (χ4v) is 3.94. The number of carbonyl (C=O) groups is 2. The van der Waals surface area contributed by atoms with Crippen LogP contribution in [0.1, 0.15) is 33.9 Å². The zero-order chi connectivity index (χ0) is 20.3. The summed E-state index contributed by atoms with van der Waals surface area (Å²) in [5.41, 5.74) is 8.43. The van der Waals surface area contributed by atoms with Crippen molar-refractivity contribution in [1.82, 2.24) is 5.32 Å². The first-order chi connectivity index (χ1) is 13.4. The molecule has 1 amide bonds. The number of halogens is 2. The lowest BCUT2D eigenvalue weighted by Crippen LogP contribution is -2.41. The van der Waals surface area contributed by atoms with Crippen molar-refractivity contribution in [2.45, 2.75) is 24.9 Å². The van der Waals surface area contributed by atoms with Crippen LogP contribution in [0.15, 0.2) is 36.4 Å². The molecule has 0 unspecified atom stereocenters. The van der Waals surface area contributed by atoms with E-state index < -0.39 is 18.1 Å². The molecule has 0 bridgehead atoms.